The average Bonchev–Trinajstić information content (AvgIpc) is 2.92. The maximum Gasteiger partial charge on any atom is 0.222 e. The van der Waals surface area contributed by atoms with Gasteiger partial charge in [-0.3, -0.25) is 4.79 Å². The molecule has 140 valence electrons. The zero-order valence-corrected chi connectivity index (χ0v) is 16.0. The maximum atomic E-state index is 12.0. The molecule has 2 heterocycles. The van der Waals surface area contributed by atoms with Gasteiger partial charge in [0.2, 0.25) is 5.91 Å². The monoisotopic (exact) mass is 388 g/mol. The summed E-state index contributed by atoms with van der Waals surface area (Å²) in [5.41, 5.74) is 1.06. The molecule has 0 aromatic heterocycles. The van der Waals surface area contributed by atoms with E-state index in [0.717, 1.165) is 56.6 Å². The van der Waals surface area contributed by atoms with Crippen molar-refractivity contribution < 1.29 is 14.3 Å². The fourth-order valence-corrected chi connectivity index (χ4v) is 3.40. The molecule has 1 N–H and O–H groups in total. The summed E-state index contributed by atoms with van der Waals surface area (Å²) in [7, 11) is 0. The number of benzene rings is 1. The van der Waals surface area contributed by atoms with Crippen LogP contribution in [-0.4, -0.2) is 43.7 Å². The van der Waals surface area contributed by atoms with Crippen LogP contribution in [0.4, 0.5) is 0 Å². The molecule has 1 fully saturated rings. The lowest BCUT2D eigenvalue weighted by molar-refractivity contribution is -0.130. The van der Waals surface area contributed by atoms with Gasteiger partial charge in [-0.15, -0.1) is 12.4 Å². The van der Waals surface area contributed by atoms with Gasteiger partial charge in [-0.1, -0.05) is 18.0 Å². The van der Waals surface area contributed by atoms with E-state index in [-0.39, 0.29) is 18.3 Å². The molecule has 1 saturated heterocycles. The van der Waals surface area contributed by atoms with Crippen molar-refractivity contribution >= 4 is 29.9 Å². The lowest BCUT2D eigenvalue weighted by Gasteiger charge is -2.20. The second-order valence-corrected chi connectivity index (χ2v) is 6.73. The fourth-order valence-electron chi connectivity index (χ4n) is 3.11. The van der Waals surface area contributed by atoms with Gasteiger partial charge >= 0.3 is 0 Å². The molecule has 5 nitrogen and oxygen atoms in total. The van der Waals surface area contributed by atoms with E-state index >= 15 is 0 Å². The molecule has 2 aliphatic rings. The van der Waals surface area contributed by atoms with Crippen LogP contribution in [0.5, 0.6) is 11.5 Å². The number of nitrogens with zero attached hydrogens (tertiary/aromatic N) is 1. The summed E-state index contributed by atoms with van der Waals surface area (Å²) in [6, 6.07) is 3.90. The Labute approximate surface area is 160 Å². The first-order chi connectivity index (χ1) is 11.7. The summed E-state index contributed by atoms with van der Waals surface area (Å²) in [5, 5.41) is 3.98. The Morgan fingerprint density at radius 3 is 2.84 bits per heavy atom. The van der Waals surface area contributed by atoms with E-state index in [0.29, 0.717) is 37.0 Å². The van der Waals surface area contributed by atoms with Gasteiger partial charge in [0.25, 0.3) is 0 Å². The summed E-state index contributed by atoms with van der Waals surface area (Å²) < 4.78 is 11.4. The highest BCUT2D eigenvalue weighted by atomic mass is 35.5. The van der Waals surface area contributed by atoms with E-state index in [1.54, 1.807) is 0 Å². The number of likely N-dealkylation sites (tertiary alicyclic amines) is 1. The molecular formula is C18H26Cl2N2O3. The van der Waals surface area contributed by atoms with Crippen LogP contribution in [0.25, 0.3) is 0 Å². The van der Waals surface area contributed by atoms with Crippen molar-refractivity contribution in [2.75, 3.05) is 32.8 Å². The van der Waals surface area contributed by atoms with Crippen molar-refractivity contribution in [3.8, 4) is 11.5 Å². The molecule has 25 heavy (non-hydrogen) atoms. The number of amides is 1. The second kappa shape index (κ2) is 10.1. The number of hydrogen-bond donors (Lipinski definition) is 1. The Morgan fingerprint density at radius 1 is 1.12 bits per heavy atom. The van der Waals surface area contributed by atoms with Crippen LogP contribution in [0.3, 0.4) is 0 Å². The Bertz CT molecular complexity index is 584. The minimum absolute atomic E-state index is 0. The van der Waals surface area contributed by atoms with E-state index in [2.05, 4.69) is 5.32 Å². The highest BCUT2D eigenvalue weighted by molar-refractivity contribution is 6.32. The molecule has 1 aromatic rings. The minimum Gasteiger partial charge on any atom is -0.489 e. The van der Waals surface area contributed by atoms with Crippen LogP contribution in [0.1, 0.15) is 37.7 Å². The van der Waals surface area contributed by atoms with Crippen LogP contribution < -0.4 is 14.8 Å². The largest absolute Gasteiger partial charge is 0.489 e. The van der Waals surface area contributed by atoms with Gasteiger partial charge in [0.15, 0.2) is 11.5 Å². The molecule has 0 spiro atoms. The lowest BCUT2D eigenvalue weighted by atomic mass is 10.2. The fraction of sp³-hybridized carbons (Fsp3) is 0.611. The topological polar surface area (TPSA) is 50.8 Å². The Kier molecular flexibility index (Phi) is 8.13. The molecule has 0 bridgehead atoms. The third-order valence-electron chi connectivity index (χ3n) is 4.42. The van der Waals surface area contributed by atoms with Gasteiger partial charge < -0.3 is 19.7 Å². The molecule has 2 aliphatic heterocycles. The molecule has 0 unspecified atom stereocenters. The van der Waals surface area contributed by atoms with Gasteiger partial charge in [0.1, 0.15) is 0 Å². The summed E-state index contributed by atoms with van der Waals surface area (Å²) in [6.07, 6.45) is 4.85. The molecular weight excluding hydrogens is 363 g/mol. The van der Waals surface area contributed by atoms with E-state index in [4.69, 9.17) is 21.1 Å². The van der Waals surface area contributed by atoms with Crippen molar-refractivity contribution in [1.82, 2.24) is 10.2 Å². The highest BCUT2D eigenvalue weighted by Gasteiger charge is 2.17. The van der Waals surface area contributed by atoms with Gasteiger partial charge in [0.05, 0.1) is 18.2 Å². The number of carbonyl (C=O) groups excluding carboxylic acids is 1. The Balaban J connectivity index is 0.00000225. The quantitative estimate of drug-likeness (QED) is 0.785. The van der Waals surface area contributed by atoms with Gasteiger partial charge in [-0.25, -0.2) is 0 Å². The normalized spacial score (nSPS) is 17.5. The molecule has 3 rings (SSSR count). The summed E-state index contributed by atoms with van der Waals surface area (Å²) in [4.78, 5) is 13.9. The van der Waals surface area contributed by atoms with Crippen molar-refractivity contribution in [2.24, 2.45) is 0 Å². The van der Waals surface area contributed by atoms with Crippen LogP contribution in [0.2, 0.25) is 5.02 Å². The minimum atomic E-state index is 0. The smallest absolute Gasteiger partial charge is 0.222 e. The second-order valence-electron chi connectivity index (χ2n) is 6.32. The molecule has 0 radical (unpaired) electrons. The van der Waals surface area contributed by atoms with Crippen LogP contribution in [0.15, 0.2) is 12.1 Å². The van der Waals surface area contributed by atoms with Crippen LogP contribution in [0, 0.1) is 0 Å². The standard InChI is InChI=1S/C18H25ClN2O3.ClH/c19-15-11-14(12-16-18(15)24-10-4-9-23-16)13-20-6-8-21-7-3-1-2-5-17(21)22;/h11-12,20H,1-10,13H2;1H. The first kappa shape index (κ1) is 20.1. The van der Waals surface area contributed by atoms with Gasteiger partial charge in [-0.2, -0.15) is 0 Å². The zero-order valence-electron chi connectivity index (χ0n) is 14.4. The van der Waals surface area contributed by atoms with E-state index in [1.807, 2.05) is 17.0 Å². The maximum absolute atomic E-state index is 12.0. The molecule has 1 amide bonds. The van der Waals surface area contributed by atoms with Crippen LogP contribution >= 0.6 is 24.0 Å². The number of carbonyl (C=O) groups is 1. The SMILES string of the molecule is Cl.O=C1CCCCCN1CCNCc1cc(Cl)c2c(c1)OCCCO2. The molecule has 0 aliphatic carbocycles. The lowest BCUT2D eigenvalue weighted by Crippen LogP contribution is -2.36. The average molecular weight is 389 g/mol. The zero-order chi connectivity index (χ0) is 16.8. The number of ether oxygens (including phenoxy) is 2. The highest BCUT2D eigenvalue weighted by Crippen LogP contribution is 2.37. The third kappa shape index (κ3) is 5.66. The molecule has 0 saturated carbocycles. The number of nitrogens with one attached hydrogen (secondary N) is 1. The molecule has 0 atom stereocenters. The first-order valence-corrected chi connectivity index (χ1v) is 9.18. The van der Waals surface area contributed by atoms with Gasteiger partial charge in [-0.05, 0) is 30.5 Å². The molecule has 7 heteroatoms. The first-order valence-electron chi connectivity index (χ1n) is 8.80. The molecule has 1 aromatic carbocycles. The van der Waals surface area contributed by atoms with Crippen molar-refractivity contribution in [3.05, 3.63) is 22.7 Å². The van der Waals surface area contributed by atoms with Crippen molar-refractivity contribution in [1.29, 1.82) is 0 Å². The third-order valence-corrected chi connectivity index (χ3v) is 4.70. The predicted octanol–water partition coefficient (Wildman–Crippen LogP) is 3.42. The van der Waals surface area contributed by atoms with Gasteiger partial charge in [0, 0.05) is 39.0 Å². The van der Waals surface area contributed by atoms with E-state index < -0.39 is 0 Å². The predicted molar refractivity (Wildman–Crippen MR) is 101 cm³/mol. The van der Waals surface area contributed by atoms with Crippen LogP contribution in [-0.2, 0) is 11.3 Å². The Hall–Kier alpha value is -1.17. The van der Waals surface area contributed by atoms with E-state index in [1.165, 1.54) is 0 Å². The van der Waals surface area contributed by atoms with E-state index in [9.17, 15) is 4.79 Å². The number of halogens is 2. The number of fused-ring (bicyclic) bond motifs is 1. The van der Waals surface area contributed by atoms with Crippen molar-refractivity contribution in [3.63, 3.8) is 0 Å². The van der Waals surface area contributed by atoms with Crippen molar-refractivity contribution in [2.45, 2.75) is 38.6 Å². The number of rotatable bonds is 5. The Morgan fingerprint density at radius 2 is 1.96 bits per heavy atom. The summed E-state index contributed by atoms with van der Waals surface area (Å²) >= 11 is 6.31. The summed E-state index contributed by atoms with van der Waals surface area (Å²) in [5.74, 6) is 1.65. The summed E-state index contributed by atoms with van der Waals surface area (Å²) in [6.45, 7) is 4.40. The number of hydrogen-bond acceptors (Lipinski definition) is 4.